The smallest absolute Gasteiger partial charge is 0.0661 e. The van der Waals surface area contributed by atoms with Gasteiger partial charge < -0.3 is 10.2 Å². The molecule has 0 heterocycles. The Labute approximate surface area is 122 Å². The number of rotatable bonds is 0. The molecule has 0 aliphatic heterocycles. The highest BCUT2D eigenvalue weighted by Crippen LogP contribution is 2.59. The third kappa shape index (κ3) is 1.84. The van der Waals surface area contributed by atoms with Crippen LogP contribution >= 0.6 is 0 Å². The van der Waals surface area contributed by atoms with Gasteiger partial charge in [-0.3, -0.25) is 0 Å². The van der Waals surface area contributed by atoms with Crippen LogP contribution in [0.2, 0.25) is 0 Å². The first kappa shape index (κ1) is 14.3. The van der Waals surface area contributed by atoms with Gasteiger partial charge in [0.1, 0.15) is 0 Å². The first-order valence-electron chi connectivity index (χ1n) is 8.04. The van der Waals surface area contributed by atoms with E-state index in [-0.39, 0.29) is 11.5 Å². The van der Waals surface area contributed by atoms with E-state index < -0.39 is 6.10 Å². The van der Waals surface area contributed by atoms with E-state index in [0.717, 1.165) is 12.8 Å². The Balaban J connectivity index is 2.03. The largest absolute Gasteiger partial charge is 0.393 e. The van der Waals surface area contributed by atoms with Crippen molar-refractivity contribution < 1.29 is 10.2 Å². The molecule has 0 saturated heterocycles. The van der Waals surface area contributed by atoms with Crippen molar-refractivity contribution in [3.8, 4) is 0 Å². The van der Waals surface area contributed by atoms with E-state index in [9.17, 15) is 10.2 Å². The lowest BCUT2D eigenvalue weighted by Crippen LogP contribution is -2.51. The molecule has 5 atom stereocenters. The van der Waals surface area contributed by atoms with Crippen LogP contribution in [0.4, 0.5) is 0 Å². The Morgan fingerprint density at radius 2 is 1.85 bits per heavy atom. The first-order valence-corrected chi connectivity index (χ1v) is 8.04. The molecule has 3 rings (SSSR count). The molecule has 2 fully saturated rings. The van der Waals surface area contributed by atoms with Gasteiger partial charge in [0, 0.05) is 11.8 Å². The molecule has 2 N–H and O–H groups in total. The molecule has 2 saturated carbocycles. The number of aliphatic hydroxyl groups is 2. The van der Waals surface area contributed by atoms with Crippen molar-refractivity contribution >= 4 is 0 Å². The van der Waals surface area contributed by atoms with Gasteiger partial charge in [-0.05, 0) is 36.5 Å². The van der Waals surface area contributed by atoms with Crippen LogP contribution in [0.25, 0.3) is 0 Å². The summed E-state index contributed by atoms with van der Waals surface area (Å²) >= 11 is 0. The van der Waals surface area contributed by atoms with Gasteiger partial charge in [0.15, 0.2) is 0 Å². The highest BCUT2D eigenvalue weighted by atomic mass is 16.3. The second-order valence-electron chi connectivity index (χ2n) is 8.05. The fraction of sp³-hybridized carbons (Fsp3) is 0.778. The van der Waals surface area contributed by atoms with Crippen molar-refractivity contribution in [1.29, 1.82) is 0 Å². The molecule has 0 spiro atoms. The minimum absolute atomic E-state index is 0.159. The lowest BCUT2D eigenvalue weighted by Gasteiger charge is -2.55. The normalized spacial score (nSPS) is 46.9. The van der Waals surface area contributed by atoms with Crippen molar-refractivity contribution in [2.24, 2.45) is 22.7 Å². The van der Waals surface area contributed by atoms with Crippen molar-refractivity contribution in [3.63, 3.8) is 0 Å². The third-order valence-electron chi connectivity index (χ3n) is 6.69. The molecule has 3 unspecified atom stereocenters. The second-order valence-corrected chi connectivity index (χ2v) is 8.05. The summed E-state index contributed by atoms with van der Waals surface area (Å²) in [5.41, 5.74) is 2.96. The number of allylic oxidation sites excluding steroid dienone is 3. The van der Waals surface area contributed by atoms with Crippen LogP contribution in [0.3, 0.4) is 0 Å². The van der Waals surface area contributed by atoms with Gasteiger partial charge >= 0.3 is 0 Å². The maximum Gasteiger partial charge on any atom is 0.0661 e. The molecular formula is C18H28O2. The Morgan fingerprint density at radius 3 is 2.55 bits per heavy atom. The molecule has 0 aromatic rings. The first-order chi connectivity index (χ1) is 9.26. The maximum atomic E-state index is 10.7. The van der Waals surface area contributed by atoms with Crippen LogP contribution in [0, 0.1) is 22.7 Å². The van der Waals surface area contributed by atoms with E-state index in [2.05, 4.69) is 39.8 Å². The zero-order valence-corrected chi connectivity index (χ0v) is 13.2. The van der Waals surface area contributed by atoms with E-state index in [1.165, 1.54) is 17.6 Å². The number of hydrogen-bond donors (Lipinski definition) is 2. The predicted molar refractivity (Wildman–Crippen MR) is 81.2 cm³/mol. The van der Waals surface area contributed by atoms with Gasteiger partial charge in [-0.1, -0.05) is 51.0 Å². The van der Waals surface area contributed by atoms with Gasteiger partial charge in [-0.2, -0.15) is 0 Å². The summed E-state index contributed by atoms with van der Waals surface area (Å²) in [7, 11) is 0. The SMILES string of the molecule is CC1C2=CC=C3CC(O)CC(O)[C@]3(C)[C@@H]2CCC1(C)C. The zero-order chi connectivity index (χ0) is 14.7. The monoisotopic (exact) mass is 276 g/mol. The summed E-state index contributed by atoms with van der Waals surface area (Å²) < 4.78 is 0. The molecule has 0 radical (unpaired) electrons. The van der Waals surface area contributed by atoms with Crippen molar-refractivity contribution in [2.45, 2.75) is 65.6 Å². The number of fused-ring (bicyclic) bond motifs is 3. The van der Waals surface area contributed by atoms with Gasteiger partial charge in [-0.25, -0.2) is 0 Å². The molecule has 0 bridgehead atoms. The summed E-state index contributed by atoms with van der Waals surface area (Å²) in [5, 5.41) is 20.6. The van der Waals surface area contributed by atoms with E-state index in [1.807, 2.05) is 0 Å². The Bertz CT molecular complexity index is 474. The van der Waals surface area contributed by atoms with Crippen molar-refractivity contribution in [1.82, 2.24) is 0 Å². The average Bonchev–Trinajstić information content (AvgIpc) is 2.36. The number of hydrogen-bond acceptors (Lipinski definition) is 2. The average molecular weight is 276 g/mol. The molecule has 0 aromatic heterocycles. The second kappa shape index (κ2) is 4.45. The Kier molecular flexibility index (Phi) is 3.19. The van der Waals surface area contributed by atoms with Crippen LogP contribution in [-0.4, -0.2) is 22.4 Å². The molecular weight excluding hydrogens is 248 g/mol. The fourth-order valence-corrected chi connectivity index (χ4v) is 4.73. The van der Waals surface area contributed by atoms with Gasteiger partial charge in [0.25, 0.3) is 0 Å². The molecule has 0 aromatic carbocycles. The zero-order valence-electron chi connectivity index (χ0n) is 13.2. The van der Waals surface area contributed by atoms with E-state index in [1.54, 1.807) is 0 Å². The molecule has 3 aliphatic carbocycles. The van der Waals surface area contributed by atoms with Crippen LogP contribution < -0.4 is 0 Å². The Morgan fingerprint density at radius 1 is 1.15 bits per heavy atom. The van der Waals surface area contributed by atoms with Gasteiger partial charge in [0.2, 0.25) is 0 Å². The molecule has 2 heteroatoms. The Hall–Kier alpha value is -0.600. The van der Waals surface area contributed by atoms with E-state index in [4.69, 9.17) is 0 Å². The summed E-state index contributed by atoms with van der Waals surface area (Å²) in [5.74, 6) is 1.02. The van der Waals surface area contributed by atoms with Crippen molar-refractivity contribution in [3.05, 3.63) is 23.3 Å². The van der Waals surface area contributed by atoms with Crippen molar-refractivity contribution in [2.75, 3.05) is 0 Å². The fourth-order valence-electron chi connectivity index (χ4n) is 4.73. The molecule has 3 aliphatic rings. The van der Waals surface area contributed by atoms with Crippen LogP contribution in [0.15, 0.2) is 23.3 Å². The summed E-state index contributed by atoms with van der Waals surface area (Å²) in [6.45, 7) is 9.27. The van der Waals surface area contributed by atoms with Gasteiger partial charge in [-0.15, -0.1) is 0 Å². The summed E-state index contributed by atoms with van der Waals surface area (Å²) in [6, 6.07) is 0. The molecule has 112 valence electrons. The molecule has 20 heavy (non-hydrogen) atoms. The standard InChI is InChI=1S/C18H28O2/c1-11-14-6-5-12-9-13(19)10-16(20)18(12,4)15(14)7-8-17(11,2)3/h5-6,11,13,15-16,19-20H,7-10H2,1-4H3/t11?,13?,15-,16?,18+/m1/s1. The lowest BCUT2D eigenvalue weighted by molar-refractivity contribution is -0.0500. The maximum absolute atomic E-state index is 10.7. The topological polar surface area (TPSA) is 40.5 Å². The number of aliphatic hydroxyl groups excluding tert-OH is 2. The lowest BCUT2D eigenvalue weighted by atomic mass is 9.50. The minimum atomic E-state index is -0.417. The van der Waals surface area contributed by atoms with Crippen LogP contribution in [0.5, 0.6) is 0 Å². The molecule has 2 nitrogen and oxygen atoms in total. The minimum Gasteiger partial charge on any atom is -0.393 e. The third-order valence-corrected chi connectivity index (χ3v) is 6.69. The molecule has 0 amide bonds. The predicted octanol–water partition coefficient (Wildman–Crippen LogP) is 3.45. The quantitative estimate of drug-likeness (QED) is 0.711. The highest BCUT2D eigenvalue weighted by molar-refractivity contribution is 5.38. The van der Waals surface area contributed by atoms with E-state index in [0.29, 0.717) is 23.7 Å². The highest BCUT2D eigenvalue weighted by Gasteiger charge is 2.53. The van der Waals surface area contributed by atoms with Gasteiger partial charge in [0.05, 0.1) is 12.2 Å². The summed E-state index contributed by atoms with van der Waals surface area (Å²) in [6.07, 6.45) is 7.31. The van der Waals surface area contributed by atoms with E-state index >= 15 is 0 Å². The van der Waals surface area contributed by atoms with Crippen LogP contribution in [0.1, 0.15) is 53.4 Å². The van der Waals surface area contributed by atoms with Crippen LogP contribution in [-0.2, 0) is 0 Å². The summed E-state index contributed by atoms with van der Waals surface area (Å²) in [4.78, 5) is 0.